The molecule has 6 heteroatoms. The van der Waals surface area contributed by atoms with Crippen LogP contribution in [0.25, 0.3) is 0 Å². The molecular weight excluding hydrogens is 356 g/mol. The summed E-state index contributed by atoms with van der Waals surface area (Å²) in [6.45, 7) is 3.40. The summed E-state index contributed by atoms with van der Waals surface area (Å²) < 4.78 is 4.83. The van der Waals surface area contributed by atoms with Crippen molar-refractivity contribution in [3.8, 4) is 0 Å². The van der Waals surface area contributed by atoms with Crippen molar-refractivity contribution in [2.24, 2.45) is 0 Å². The largest absolute Gasteiger partial charge is 0.465 e. The van der Waals surface area contributed by atoms with E-state index in [1.807, 2.05) is 0 Å². The number of ether oxygens (including phenoxy) is 1. The zero-order chi connectivity index (χ0) is 20.4. The molecule has 6 nitrogen and oxygen atoms in total. The average molecular weight is 376 g/mol. The lowest BCUT2D eigenvalue weighted by molar-refractivity contribution is 0.0597. The van der Waals surface area contributed by atoms with E-state index in [0.717, 1.165) is 0 Å². The van der Waals surface area contributed by atoms with E-state index < -0.39 is 11.8 Å². The molecule has 0 amide bonds. The SMILES string of the molecule is COC(=O)c1c(C)[nH]c(C)c1C(=O)c1ccccc1C(=O)c1cccc(N)c1. The van der Waals surface area contributed by atoms with E-state index in [2.05, 4.69) is 4.98 Å². The first-order valence-corrected chi connectivity index (χ1v) is 8.66. The second kappa shape index (κ2) is 7.52. The summed E-state index contributed by atoms with van der Waals surface area (Å²) in [6, 6.07) is 13.1. The van der Waals surface area contributed by atoms with E-state index in [4.69, 9.17) is 10.5 Å². The molecule has 0 aliphatic carbocycles. The number of nitrogens with one attached hydrogen (secondary N) is 1. The Morgan fingerprint density at radius 1 is 0.857 bits per heavy atom. The van der Waals surface area contributed by atoms with E-state index in [9.17, 15) is 14.4 Å². The van der Waals surface area contributed by atoms with Gasteiger partial charge < -0.3 is 15.5 Å². The third-order valence-electron chi connectivity index (χ3n) is 4.56. The molecular formula is C22H20N2O4. The molecule has 0 fully saturated rings. The summed E-state index contributed by atoms with van der Waals surface area (Å²) >= 11 is 0. The second-order valence-corrected chi connectivity index (χ2v) is 6.45. The Morgan fingerprint density at radius 2 is 1.46 bits per heavy atom. The second-order valence-electron chi connectivity index (χ2n) is 6.45. The van der Waals surface area contributed by atoms with Gasteiger partial charge in [0.2, 0.25) is 0 Å². The molecule has 0 unspecified atom stereocenters. The van der Waals surface area contributed by atoms with Crippen LogP contribution in [-0.2, 0) is 4.74 Å². The highest BCUT2D eigenvalue weighted by molar-refractivity contribution is 6.22. The number of nitrogens with two attached hydrogens (primary N) is 1. The van der Waals surface area contributed by atoms with Gasteiger partial charge in [0.05, 0.1) is 18.2 Å². The molecule has 3 rings (SSSR count). The standard InChI is InChI=1S/C22H20N2O4/c1-12-18(19(13(2)24-12)22(27)28-3)21(26)17-10-5-4-9-16(17)20(25)14-7-6-8-15(23)11-14/h4-11,24H,23H2,1-3H3. The molecule has 0 spiro atoms. The summed E-state index contributed by atoms with van der Waals surface area (Å²) in [4.78, 5) is 41.6. The number of benzene rings is 2. The number of aryl methyl sites for hydroxylation is 2. The van der Waals surface area contributed by atoms with E-state index in [1.54, 1.807) is 62.4 Å². The lowest BCUT2D eigenvalue weighted by Crippen LogP contribution is -2.15. The van der Waals surface area contributed by atoms with Gasteiger partial charge in [-0.15, -0.1) is 0 Å². The van der Waals surface area contributed by atoms with Crippen LogP contribution in [0, 0.1) is 13.8 Å². The van der Waals surface area contributed by atoms with Crippen molar-refractivity contribution >= 4 is 23.2 Å². The number of esters is 1. The number of nitrogen functional groups attached to an aromatic ring is 1. The van der Waals surface area contributed by atoms with Gasteiger partial charge in [0.15, 0.2) is 11.6 Å². The highest BCUT2D eigenvalue weighted by atomic mass is 16.5. The minimum atomic E-state index is -0.607. The molecule has 142 valence electrons. The topological polar surface area (TPSA) is 102 Å². The van der Waals surface area contributed by atoms with Crippen molar-refractivity contribution in [3.63, 3.8) is 0 Å². The van der Waals surface area contributed by atoms with Crippen molar-refractivity contribution in [1.29, 1.82) is 0 Å². The van der Waals surface area contributed by atoms with Crippen LogP contribution in [0.1, 0.15) is 53.6 Å². The van der Waals surface area contributed by atoms with E-state index >= 15 is 0 Å². The highest BCUT2D eigenvalue weighted by Gasteiger charge is 2.28. The van der Waals surface area contributed by atoms with Crippen molar-refractivity contribution in [3.05, 3.63) is 87.7 Å². The highest BCUT2D eigenvalue weighted by Crippen LogP contribution is 2.25. The van der Waals surface area contributed by atoms with Crippen LogP contribution < -0.4 is 5.73 Å². The summed E-state index contributed by atoms with van der Waals surface area (Å²) in [5, 5.41) is 0. The first-order valence-electron chi connectivity index (χ1n) is 8.66. The quantitative estimate of drug-likeness (QED) is 0.403. The maximum Gasteiger partial charge on any atom is 0.340 e. The number of carbonyl (C=O) groups excluding carboxylic acids is 3. The van der Waals surface area contributed by atoms with E-state index in [1.165, 1.54) is 7.11 Å². The number of ketones is 2. The monoisotopic (exact) mass is 376 g/mol. The van der Waals surface area contributed by atoms with Gasteiger partial charge in [-0.2, -0.15) is 0 Å². The van der Waals surface area contributed by atoms with Crippen molar-refractivity contribution in [1.82, 2.24) is 4.98 Å². The molecule has 0 saturated carbocycles. The van der Waals surface area contributed by atoms with Gasteiger partial charge in [0, 0.05) is 33.8 Å². The molecule has 0 saturated heterocycles. The molecule has 2 aromatic carbocycles. The first kappa shape index (κ1) is 19.1. The van der Waals surface area contributed by atoms with E-state index in [0.29, 0.717) is 22.6 Å². The van der Waals surface area contributed by atoms with Crippen molar-refractivity contribution in [2.75, 3.05) is 12.8 Å². The third-order valence-corrected chi connectivity index (χ3v) is 4.56. The molecule has 0 radical (unpaired) electrons. The van der Waals surface area contributed by atoms with Crippen LogP contribution in [0.5, 0.6) is 0 Å². The van der Waals surface area contributed by atoms with E-state index in [-0.39, 0.29) is 28.0 Å². The van der Waals surface area contributed by atoms with Gasteiger partial charge >= 0.3 is 5.97 Å². The third kappa shape index (κ3) is 3.32. The van der Waals surface area contributed by atoms with Crippen LogP contribution in [-0.4, -0.2) is 29.6 Å². The molecule has 0 bridgehead atoms. The minimum absolute atomic E-state index is 0.177. The van der Waals surface area contributed by atoms with Crippen molar-refractivity contribution in [2.45, 2.75) is 13.8 Å². The van der Waals surface area contributed by atoms with Gasteiger partial charge in [-0.05, 0) is 26.0 Å². The summed E-state index contributed by atoms with van der Waals surface area (Å²) in [6.07, 6.45) is 0. The molecule has 0 aliphatic heterocycles. The predicted octanol–water partition coefficient (Wildman–Crippen LogP) is 3.46. The Bertz CT molecular complexity index is 1100. The number of H-pyrrole nitrogens is 1. The maximum atomic E-state index is 13.3. The Kier molecular flexibility index (Phi) is 5.13. The fraction of sp³-hybridized carbons (Fsp3) is 0.136. The summed E-state index contributed by atoms with van der Waals surface area (Å²) in [5.41, 5.74) is 8.53. The molecule has 0 aliphatic rings. The summed E-state index contributed by atoms with van der Waals surface area (Å²) in [5.74, 6) is -1.35. The maximum absolute atomic E-state index is 13.3. The lowest BCUT2D eigenvalue weighted by atomic mass is 9.91. The number of rotatable bonds is 5. The fourth-order valence-corrected chi connectivity index (χ4v) is 3.27. The Labute approximate surface area is 162 Å². The number of methoxy groups -OCH3 is 1. The van der Waals surface area contributed by atoms with Gasteiger partial charge in [0.1, 0.15) is 0 Å². The molecule has 3 N–H and O–H groups in total. The van der Waals surface area contributed by atoms with Crippen molar-refractivity contribution < 1.29 is 19.1 Å². The number of hydrogen-bond donors (Lipinski definition) is 2. The molecule has 1 heterocycles. The zero-order valence-electron chi connectivity index (χ0n) is 15.8. The van der Waals surface area contributed by atoms with Crippen LogP contribution in [0.2, 0.25) is 0 Å². The Hall–Kier alpha value is -3.67. The fourth-order valence-electron chi connectivity index (χ4n) is 3.27. The lowest BCUT2D eigenvalue weighted by Gasteiger charge is -2.10. The molecule has 1 aromatic heterocycles. The molecule has 28 heavy (non-hydrogen) atoms. The van der Waals surface area contributed by atoms with Crippen LogP contribution >= 0.6 is 0 Å². The smallest absolute Gasteiger partial charge is 0.340 e. The van der Waals surface area contributed by atoms with Crippen LogP contribution in [0.3, 0.4) is 0 Å². The molecule has 0 atom stereocenters. The number of carbonyl (C=O) groups is 3. The van der Waals surface area contributed by atoms with Crippen LogP contribution in [0.15, 0.2) is 48.5 Å². The minimum Gasteiger partial charge on any atom is -0.465 e. The number of hydrogen-bond acceptors (Lipinski definition) is 5. The molecule has 3 aromatic rings. The predicted molar refractivity (Wildman–Crippen MR) is 106 cm³/mol. The zero-order valence-corrected chi connectivity index (χ0v) is 15.8. The normalized spacial score (nSPS) is 10.5. The Balaban J connectivity index is 2.13. The van der Waals surface area contributed by atoms with Gasteiger partial charge in [0.25, 0.3) is 0 Å². The number of anilines is 1. The van der Waals surface area contributed by atoms with Gasteiger partial charge in [-0.1, -0.05) is 36.4 Å². The Morgan fingerprint density at radius 3 is 2.07 bits per heavy atom. The number of aromatic amines is 1. The average Bonchev–Trinajstić information content (AvgIpc) is 3.00. The number of aromatic nitrogens is 1. The van der Waals surface area contributed by atoms with Crippen LogP contribution in [0.4, 0.5) is 5.69 Å². The summed E-state index contributed by atoms with van der Waals surface area (Å²) in [7, 11) is 1.26. The van der Waals surface area contributed by atoms with Gasteiger partial charge in [-0.25, -0.2) is 4.79 Å². The van der Waals surface area contributed by atoms with Gasteiger partial charge in [-0.3, -0.25) is 9.59 Å². The first-order chi connectivity index (χ1) is 13.3.